The van der Waals surface area contributed by atoms with Gasteiger partial charge in [0.15, 0.2) is 11.5 Å². The Morgan fingerprint density at radius 2 is 1.97 bits per heavy atom. The fourth-order valence-electron chi connectivity index (χ4n) is 2.82. The molecule has 1 amide bonds. The summed E-state index contributed by atoms with van der Waals surface area (Å²) in [7, 11) is 1.38. The lowest BCUT2D eigenvalue weighted by Crippen LogP contribution is -2.18. The van der Waals surface area contributed by atoms with Gasteiger partial charge in [0, 0.05) is 16.6 Å². The zero-order valence-corrected chi connectivity index (χ0v) is 17.9. The average Bonchev–Trinajstić information content (AvgIpc) is 3.15. The van der Waals surface area contributed by atoms with Crippen LogP contribution in [0.15, 0.2) is 53.1 Å². The first-order valence-electron chi connectivity index (χ1n) is 8.99. The lowest BCUT2D eigenvalue weighted by molar-refractivity contribution is -0.385. The van der Waals surface area contributed by atoms with Gasteiger partial charge in [-0.2, -0.15) is 5.10 Å². The number of methoxy groups -OCH3 is 1. The first-order valence-corrected chi connectivity index (χ1v) is 9.79. The van der Waals surface area contributed by atoms with E-state index in [4.69, 9.17) is 9.47 Å². The number of nitro benzene ring substituents is 1. The van der Waals surface area contributed by atoms with Crippen molar-refractivity contribution >= 4 is 33.3 Å². The van der Waals surface area contributed by atoms with Crippen LogP contribution in [-0.2, 0) is 6.54 Å². The van der Waals surface area contributed by atoms with Gasteiger partial charge in [-0.1, -0.05) is 28.1 Å². The van der Waals surface area contributed by atoms with E-state index in [0.29, 0.717) is 19.0 Å². The Balaban J connectivity index is 1.89. The Kier molecular flexibility index (Phi) is 6.68. The maximum atomic E-state index is 12.9. The van der Waals surface area contributed by atoms with Gasteiger partial charge in [-0.15, -0.1) is 0 Å². The van der Waals surface area contributed by atoms with Crippen molar-refractivity contribution in [1.82, 2.24) is 9.78 Å². The second-order valence-electron chi connectivity index (χ2n) is 6.17. The van der Waals surface area contributed by atoms with Crippen LogP contribution in [0.3, 0.4) is 0 Å². The summed E-state index contributed by atoms with van der Waals surface area (Å²) in [6, 6.07) is 11.8. The average molecular weight is 475 g/mol. The molecule has 0 bridgehead atoms. The number of nitrogens with zero attached hydrogens (tertiary/aromatic N) is 3. The molecule has 0 saturated carbocycles. The number of halogens is 1. The SMILES string of the molecule is CCOc1cc(C(=O)Nc2ccnn2Cc2ccc(Br)cc2)c([N+](=O)[O-])cc1OC. The highest BCUT2D eigenvalue weighted by Gasteiger charge is 2.25. The molecule has 0 saturated heterocycles. The van der Waals surface area contributed by atoms with E-state index in [-0.39, 0.29) is 22.7 Å². The van der Waals surface area contributed by atoms with Crippen molar-refractivity contribution in [3.8, 4) is 11.5 Å². The van der Waals surface area contributed by atoms with E-state index in [1.807, 2.05) is 24.3 Å². The van der Waals surface area contributed by atoms with Crippen molar-refractivity contribution in [2.24, 2.45) is 0 Å². The highest BCUT2D eigenvalue weighted by Crippen LogP contribution is 2.35. The predicted octanol–water partition coefficient (Wildman–Crippen LogP) is 4.26. The van der Waals surface area contributed by atoms with Crippen LogP contribution in [0.25, 0.3) is 0 Å². The molecule has 9 nitrogen and oxygen atoms in total. The minimum Gasteiger partial charge on any atom is -0.493 e. The third-order valence-corrected chi connectivity index (χ3v) is 4.76. The number of hydrogen-bond acceptors (Lipinski definition) is 6. The number of nitro groups is 1. The summed E-state index contributed by atoms with van der Waals surface area (Å²) in [6.45, 7) is 2.50. The molecule has 1 aromatic heterocycles. The molecular formula is C20H19BrN4O5. The fraction of sp³-hybridized carbons (Fsp3) is 0.200. The number of rotatable bonds is 8. The molecule has 3 rings (SSSR count). The van der Waals surface area contributed by atoms with Gasteiger partial charge in [-0.3, -0.25) is 14.9 Å². The number of anilines is 1. The molecular weight excluding hydrogens is 456 g/mol. The second-order valence-corrected chi connectivity index (χ2v) is 7.08. The topological polar surface area (TPSA) is 109 Å². The lowest BCUT2D eigenvalue weighted by atomic mass is 10.1. The number of benzene rings is 2. The van der Waals surface area contributed by atoms with Gasteiger partial charge >= 0.3 is 0 Å². The summed E-state index contributed by atoms with van der Waals surface area (Å²) in [5, 5.41) is 18.4. The van der Waals surface area contributed by atoms with Crippen LogP contribution in [0.2, 0.25) is 0 Å². The van der Waals surface area contributed by atoms with Gasteiger partial charge in [0.2, 0.25) is 0 Å². The molecule has 0 unspecified atom stereocenters. The molecule has 0 aliphatic heterocycles. The maximum Gasteiger partial charge on any atom is 0.286 e. The summed E-state index contributed by atoms with van der Waals surface area (Å²) in [6.07, 6.45) is 1.54. The van der Waals surface area contributed by atoms with Crippen molar-refractivity contribution in [3.05, 3.63) is 74.4 Å². The molecule has 156 valence electrons. The van der Waals surface area contributed by atoms with E-state index in [0.717, 1.165) is 10.0 Å². The van der Waals surface area contributed by atoms with Gasteiger partial charge < -0.3 is 14.8 Å². The van der Waals surface area contributed by atoms with Crippen LogP contribution >= 0.6 is 15.9 Å². The molecule has 30 heavy (non-hydrogen) atoms. The number of carbonyl (C=O) groups is 1. The lowest BCUT2D eigenvalue weighted by Gasteiger charge is -2.13. The molecule has 3 aromatic rings. The molecule has 0 aliphatic carbocycles. The molecule has 1 heterocycles. The Morgan fingerprint density at radius 3 is 2.60 bits per heavy atom. The van der Waals surface area contributed by atoms with Gasteiger partial charge in [0.1, 0.15) is 11.4 Å². The predicted molar refractivity (Wildman–Crippen MR) is 114 cm³/mol. The Hall–Kier alpha value is -3.40. The Morgan fingerprint density at radius 1 is 1.23 bits per heavy atom. The van der Waals surface area contributed by atoms with Crippen LogP contribution in [0.5, 0.6) is 11.5 Å². The third kappa shape index (κ3) is 4.77. The quantitative estimate of drug-likeness (QED) is 0.385. The fourth-order valence-corrected chi connectivity index (χ4v) is 3.09. The van der Waals surface area contributed by atoms with Crippen LogP contribution in [0, 0.1) is 10.1 Å². The number of ether oxygens (including phenoxy) is 2. The minimum absolute atomic E-state index is 0.138. The molecule has 1 N–H and O–H groups in total. The zero-order chi connectivity index (χ0) is 21.7. The standard InChI is InChI=1S/C20H19BrN4O5/c1-3-30-18-10-15(16(25(27)28)11-17(18)29-2)20(26)23-19-8-9-22-24(19)12-13-4-6-14(21)7-5-13/h4-11H,3,12H2,1-2H3,(H,23,26). The third-order valence-electron chi connectivity index (χ3n) is 4.23. The highest BCUT2D eigenvalue weighted by molar-refractivity contribution is 9.10. The molecule has 0 atom stereocenters. The summed E-state index contributed by atoms with van der Waals surface area (Å²) in [5.74, 6) is 0.188. The smallest absolute Gasteiger partial charge is 0.286 e. The van der Waals surface area contributed by atoms with E-state index in [9.17, 15) is 14.9 Å². The van der Waals surface area contributed by atoms with Crippen LogP contribution < -0.4 is 14.8 Å². The highest BCUT2D eigenvalue weighted by atomic mass is 79.9. The van der Waals surface area contributed by atoms with Crippen molar-refractivity contribution in [1.29, 1.82) is 0 Å². The Bertz CT molecular complexity index is 1070. The second kappa shape index (κ2) is 9.40. The Labute approximate surface area is 180 Å². The first kappa shape index (κ1) is 21.3. The van der Waals surface area contributed by atoms with Crippen LogP contribution in [0.4, 0.5) is 11.5 Å². The molecule has 0 fully saturated rings. The summed E-state index contributed by atoms with van der Waals surface area (Å²) >= 11 is 3.39. The maximum absolute atomic E-state index is 12.9. The van der Waals surface area contributed by atoms with Gasteiger partial charge in [-0.05, 0) is 24.6 Å². The number of amides is 1. The zero-order valence-electron chi connectivity index (χ0n) is 16.3. The van der Waals surface area contributed by atoms with E-state index >= 15 is 0 Å². The number of nitrogens with one attached hydrogen (secondary N) is 1. The van der Waals surface area contributed by atoms with Crippen molar-refractivity contribution in [3.63, 3.8) is 0 Å². The number of aromatic nitrogens is 2. The van der Waals surface area contributed by atoms with E-state index in [1.54, 1.807) is 23.9 Å². The first-order chi connectivity index (χ1) is 14.4. The normalized spacial score (nSPS) is 10.5. The van der Waals surface area contributed by atoms with E-state index in [1.165, 1.54) is 19.2 Å². The number of hydrogen-bond donors (Lipinski definition) is 1. The molecule has 10 heteroatoms. The molecule has 2 aromatic carbocycles. The van der Waals surface area contributed by atoms with Gasteiger partial charge in [0.25, 0.3) is 11.6 Å². The van der Waals surface area contributed by atoms with Crippen molar-refractivity contribution in [2.75, 3.05) is 19.0 Å². The summed E-state index contributed by atoms with van der Waals surface area (Å²) in [5.41, 5.74) is 0.457. The van der Waals surface area contributed by atoms with E-state index in [2.05, 4.69) is 26.3 Å². The van der Waals surface area contributed by atoms with Gasteiger partial charge in [0.05, 0.1) is 37.4 Å². The molecule has 0 aliphatic rings. The van der Waals surface area contributed by atoms with Gasteiger partial charge in [-0.25, -0.2) is 4.68 Å². The largest absolute Gasteiger partial charge is 0.493 e. The van der Waals surface area contributed by atoms with Crippen LogP contribution in [-0.4, -0.2) is 34.3 Å². The van der Waals surface area contributed by atoms with E-state index < -0.39 is 10.8 Å². The molecule has 0 radical (unpaired) electrons. The summed E-state index contributed by atoms with van der Waals surface area (Å²) in [4.78, 5) is 23.8. The molecule has 0 spiro atoms. The number of carbonyl (C=O) groups excluding carboxylic acids is 1. The van der Waals surface area contributed by atoms with Crippen LogP contribution in [0.1, 0.15) is 22.8 Å². The monoisotopic (exact) mass is 474 g/mol. The minimum atomic E-state index is -0.650. The van der Waals surface area contributed by atoms with Crippen molar-refractivity contribution < 1.29 is 19.2 Å². The summed E-state index contributed by atoms with van der Waals surface area (Å²) < 4.78 is 13.1. The van der Waals surface area contributed by atoms with Crippen molar-refractivity contribution in [2.45, 2.75) is 13.5 Å².